The Balaban J connectivity index is 1.58. The number of carbonyl (C=O) groups excluding carboxylic acids is 3. The van der Waals surface area contributed by atoms with E-state index in [4.69, 9.17) is 10.5 Å². The number of nitrogens with zero attached hydrogens (tertiary/aromatic N) is 2. The molecule has 2 aliphatic heterocycles. The molecule has 2 saturated heterocycles. The van der Waals surface area contributed by atoms with Crippen LogP contribution in [-0.4, -0.2) is 78.1 Å². The molecule has 3 N–H and O–H groups in total. The number of carbonyl (C=O) groups is 3. The fourth-order valence-electron chi connectivity index (χ4n) is 5.74. The Morgan fingerprint density at radius 2 is 1.73 bits per heavy atom. The van der Waals surface area contributed by atoms with Crippen LogP contribution < -0.4 is 11.1 Å². The first-order valence-electron chi connectivity index (χ1n) is 13.7. The van der Waals surface area contributed by atoms with Gasteiger partial charge in [0.2, 0.25) is 17.7 Å². The van der Waals surface area contributed by atoms with Crippen molar-refractivity contribution in [2.45, 2.75) is 57.0 Å². The molecule has 0 saturated carbocycles. The molecule has 1 unspecified atom stereocenters. The van der Waals surface area contributed by atoms with E-state index in [0.29, 0.717) is 19.4 Å². The molecule has 11 heteroatoms. The molecule has 0 aliphatic carbocycles. The molecular formula is C30H37F3N4O4. The van der Waals surface area contributed by atoms with E-state index in [-0.39, 0.29) is 26.3 Å². The minimum Gasteiger partial charge on any atom is -0.374 e. The van der Waals surface area contributed by atoms with Crippen LogP contribution in [0.5, 0.6) is 0 Å². The average Bonchev–Trinajstić information content (AvgIpc) is 3.17. The summed E-state index contributed by atoms with van der Waals surface area (Å²) in [4.78, 5) is 42.7. The van der Waals surface area contributed by atoms with E-state index in [1.54, 1.807) is 30.3 Å². The van der Waals surface area contributed by atoms with Crippen LogP contribution >= 0.6 is 0 Å². The Morgan fingerprint density at radius 3 is 2.34 bits per heavy atom. The summed E-state index contributed by atoms with van der Waals surface area (Å²) in [7, 11) is 0. The number of benzene rings is 2. The van der Waals surface area contributed by atoms with Crippen molar-refractivity contribution in [3.63, 3.8) is 0 Å². The normalized spacial score (nSPS) is 22.2. The molecule has 2 aromatic carbocycles. The summed E-state index contributed by atoms with van der Waals surface area (Å²) in [6, 6.07) is 17.2. The summed E-state index contributed by atoms with van der Waals surface area (Å²) in [6.45, 7) is 1.89. The van der Waals surface area contributed by atoms with E-state index < -0.39 is 53.4 Å². The fraction of sp³-hybridized carbons (Fsp3) is 0.500. The van der Waals surface area contributed by atoms with E-state index in [2.05, 4.69) is 5.32 Å². The number of amides is 3. The summed E-state index contributed by atoms with van der Waals surface area (Å²) in [5, 5.41) is 2.69. The molecule has 0 aromatic heterocycles. The van der Waals surface area contributed by atoms with Crippen molar-refractivity contribution in [3.05, 3.63) is 71.8 Å². The van der Waals surface area contributed by atoms with Gasteiger partial charge in [0, 0.05) is 25.6 Å². The van der Waals surface area contributed by atoms with Gasteiger partial charge in [-0.3, -0.25) is 14.4 Å². The van der Waals surface area contributed by atoms with Crippen LogP contribution in [0.2, 0.25) is 0 Å². The predicted molar refractivity (Wildman–Crippen MR) is 146 cm³/mol. The van der Waals surface area contributed by atoms with Crippen LogP contribution in [0.1, 0.15) is 43.7 Å². The van der Waals surface area contributed by atoms with Gasteiger partial charge >= 0.3 is 6.18 Å². The van der Waals surface area contributed by atoms with Gasteiger partial charge in [-0.15, -0.1) is 0 Å². The monoisotopic (exact) mass is 574 g/mol. The van der Waals surface area contributed by atoms with Crippen molar-refractivity contribution in [1.82, 2.24) is 15.1 Å². The van der Waals surface area contributed by atoms with Crippen molar-refractivity contribution in [3.8, 4) is 0 Å². The second kappa shape index (κ2) is 12.2. The molecule has 222 valence electrons. The highest BCUT2D eigenvalue weighted by Crippen LogP contribution is 2.50. The molecule has 4 rings (SSSR count). The second-order valence-electron chi connectivity index (χ2n) is 11.5. The van der Waals surface area contributed by atoms with Gasteiger partial charge in [0.1, 0.15) is 12.6 Å². The summed E-state index contributed by atoms with van der Waals surface area (Å²) < 4.78 is 46.0. The predicted octanol–water partition coefficient (Wildman–Crippen LogP) is 3.22. The maximum Gasteiger partial charge on any atom is 0.406 e. The van der Waals surface area contributed by atoms with Crippen LogP contribution in [0.15, 0.2) is 60.7 Å². The van der Waals surface area contributed by atoms with Gasteiger partial charge in [-0.2, -0.15) is 13.2 Å². The standard InChI is InChI=1S/C30H37F3N4O4/c1-28(2,34)26(39)35-24(18-41-17-21-10-5-3-6-11-21)25(38)36-15-9-14-29(19-36)23(22-12-7-4-8-13-22)16-37(27(29)40)20-30(31,32)33/h3-8,10-13,23-24H,9,14-20,34H2,1-2H3,(H,35,39)/t23-,24?,29-/m0/s1. The smallest absolute Gasteiger partial charge is 0.374 e. The van der Waals surface area contributed by atoms with Crippen LogP contribution in [-0.2, 0) is 25.7 Å². The van der Waals surface area contributed by atoms with E-state index in [1.807, 2.05) is 30.3 Å². The molecule has 1 spiro atoms. The summed E-state index contributed by atoms with van der Waals surface area (Å²) in [6.07, 6.45) is -3.78. The van der Waals surface area contributed by atoms with Gasteiger partial charge in [0.05, 0.1) is 24.2 Å². The number of alkyl halides is 3. The van der Waals surface area contributed by atoms with Crippen molar-refractivity contribution >= 4 is 17.7 Å². The van der Waals surface area contributed by atoms with Crippen molar-refractivity contribution in [1.29, 1.82) is 0 Å². The number of likely N-dealkylation sites (tertiary alicyclic amines) is 2. The largest absolute Gasteiger partial charge is 0.406 e. The third kappa shape index (κ3) is 7.26. The summed E-state index contributed by atoms with van der Waals surface area (Å²) in [5.41, 5.74) is 5.12. The number of halogens is 3. The first-order valence-corrected chi connectivity index (χ1v) is 13.7. The quantitative estimate of drug-likeness (QED) is 0.479. The lowest BCUT2D eigenvalue weighted by atomic mass is 9.69. The lowest BCUT2D eigenvalue weighted by molar-refractivity contribution is -0.163. The highest BCUT2D eigenvalue weighted by atomic mass is 19.4. The molecular weight excluding hydrogens is 537 g/mol. The number of rotatable bonds is 9. The molecule has 0 bridgehead atoms. The maximum atomic E-state index is 13.9. The fourth-order valence-corrected chi connectivity index (χ4v) is 5.74. The third-order valence-corrected chi connectivity index (χ3v) is 7.78. The zero-order valence-electron chi connectivity index (χ0n) is 23.3. The van der Waals surface area contributed by atoms with Crippen LogP contribution in [0, 0.1) is 5.41 Å². The Morgan fingerprint density at radius 1 is 1.10 bits per heavy atom. The highest BCUT2D eigenvalue weighted by molar-refractivity contribution is 5.93. The summed E-state index contributed by atoms with van der Waals surface area (Å²) >= 11 is 0. The lowest BCUT2D eigenvalue weighted by Crippen LogP contribution is -2.60. The zero-order valence-corrected chi connectivity index (χ0v) is 23.3. The molecule has 2 heterocycles. The number of piperidine rings is 1. The number of nitrogens with two attached hydrogens (primary N) is 1. The topological polar surface area (TPSA) is 105 Å². The highest BCUT2D eigenvalue weighted by Gasteiger charge is 2.58. The minimum absolute atomic E-state index is 0.0599. The molecule has 3 atom stereocenters. The average molecular weight is 575 g/mol. The molecule has 0 radical (unpaired) electrons. The Hall–Kier alpha value is -3.44. The van der Waals surface area contributed by atoms with E-state index >= 15 is 0 Å². The van der Waals surface area contributed by atoms with Crippen molar-refractivity contribution < 1.29 is 32.3 Å². The lowest BCUT2D eigenvalue weighted by Gasteiger charge is -2.43. The molecule has 3 amide bonds. The van der Waals surface area contributed by atoms with Gasteiger partial charge in [-0.1, -0.05) is 60.7 Å². The van der Waals surface area contributed by atoms with Gasteiger partial charge < -0.3 is 25.6 Å². The molecule has 2 fully saturated rings. The Labute approximate surface area is 238 Å². The Bertz CT molecular complexity index is 1220. The van der Waals surface area contributed by atoms with E-state index in [1.165, 1.54) is 18.7 Å². The van der Waals surface area contributed by atoms with Gasteiger partial charge in [-0.05, 0) is 37.8 Å². The van der Waals surface area contributed by atoms with Crippen LogP contribution in [0.3, 0.4) is 0 Å². The SMILES string of the molecule is CC(C)(N)C(=O)NC(COCc1ccccc1)C(=O)N1CCC[C@@]2(C1)C(=O)N(CC(F)(F)F)C[C@H]2c1ccccc1. The molecule has 8 nitrogen and oxygen atoms in total. The van der Waals surface area contributed by atoms with E-state index in [9.17, 15) is 27.6 Å². The summed E-state index contributed by atoms with van der Waals surface area (Å²) in [5.74, 6) is -2.16. The van der Waals surface area contributed by atoms with Crippen LogP contribution in [0.4, 0.5) is 13.2 Å². The van der Waals surface area contributed by atoms with Crippen LogP contribution in [0.25, 0.3) is 0 Å². The number of hydrogen-bond acceptors (Lipinski definition) is 5. The zero-order chi connectivity index (χ0) is 29.8. The van der Waals surface area contributed by atoms with Crippen molar-refractivity contribution in [2.75, 3.05) is 32.8 Å². The van der Waals surface area contributed by atoms with Gasteiger partial charge in [0.25, 0.3) is 0 Å². The van der Waals surface area contributed by atoms with Gasteiger partial charge in [-0.25, -0.2) is 0 Å². The third-order valence-electron chi connectivity index (χ3n) is 7.78. The molecule has 2 aliphatic rings. The Kier molecular flexibility index (Phi) is 9.08. The molecule has 2 aromatic rings. The maximum absolute atomic E-state index is 13.9. The number of nitrogens with one attached hydrogen (secondary N) is 1. The minimum atomic E-state index is -4.55. The van der Waals surface area contributed by atoms with E-state index in [0.717, 1.165) is 16.0 Å². The first kappa shape index (κ1) is 30.5. The first-order chi connectivity index (χ1) is 19.3. The number of hydrogen-bond donors (Lipinski definition) is 2. The van der Waals surface area contributed by atoms with Gasteiger partial charge in [0.15, 0.2) is 0 Å². The van der Waals surface area contributed by atoms with Crippen molar-refractivity contribution in [2.24, 2.45) is 11.1 Å². The number of ether oxygens (including phenoxy) is 1. The molecule has 41 heavy (non-hydrogen) atoms. The second-order valence-corrected chi connectivity index (χ2v) is 11.5.